The maximum Gasteiger partial charge on any atom is 0.254 e. The van der Waals surface area contributed by atoms with Crippen molar-refractivity contribution >= 4 is 10.9 Å². The van der Waals surface area contributed by atoms with Crippen LogP contribution in [0.5, 0.6) is 17.2 Å². The molecule has 3 aromatic rings. The molecule has 0 spiro atoms. The Hall–Kier alpha value is -2.82. The second-order valence-corrected chi connectivity index (χ2v) is 4.66. The zero-order valence-corrected chi connectivity index (χ0v) is 11.2. The third kappa shape index (κ3) is 2.45. The van der Waals surface area contributed by atoms with Gasteiger partial charge in [0, 0.05) is 24.6 Å². The number of aromatic nitrogens is 1. The summed E-state index contributed by atoms with van der Waals surface area (Å²) in [5.74, 6) is 0.574. The van der Waals surface area contributed by atoms with E-state index in [2.05, 4.69) is 0 Å². The van der Waals surface area contributed by atoms with Gasteiger partial charge in [-0.2, -0.15) is 0 Å². The van der Waals surface area contributed by atoms with Crippen LogP contribution in [0.15, 0.2) is 53.3 Å². The van der Waals surface area contributed by atoms with Crippen LogP contribution >= 0.6 is 0 Å². The standard InChI is InChI=1S/C16H12FNO3/c1-18-14-8-12(21-11-4-2-10(17)3-5-11)6-7-13(14)15(19)9-16(18)20/h2-9,19H,1H3. The lowest BCUT2D eigenvalue weighted by atomic mass is 10.2. The van der Waals surface area contributed by atoms with E-state index in [0.29, 0.717) is 22.4 Å². The van der Waals surface area contributed by atoms with Gasteiger partial charge in [-0.05, 0) is 36.4 Å². The molecule has 4 nitrogen and oxygen atoms in total. The van der Waals surface area contributed by atoms with E-state index in [0.717, 1.165) is 0 Å². The molecule has 0 amide bonds. The van der Waals surface area contributed by atoms with E-state index < -0.39 is 0 Å². The van der Waals surface area contributed by atoms with Crippen LogP contribution < -0.4 is 10.3 Å². The maximum absolute atomic E-state index is 12.9. The minimum atomic E-state index is -0.340. The Morgan fingerprint density at radius 1 is 1.05 bits per heavy atom. The van der Waals surface area contributed by atoms with E-state index in [-0.39, 0.29) is 17.1 Å². The van der Waals surface area contributed by atoms with Gasteiger partial charge < -0.3 is 14.4 Å². The molecule has 0 fully saturated rings. The summed E-state index contributed by atoms with van der Waals surface area (Å²) >= 11 is 0. The van der Waals surface area contributed by atoms with Crippen LogP contribution in [0.25, 0.3) is 10.9 Å². The lowest BCUT2D eigenvalue weighted by molar-refractivity contribution is 0.476. The molecule has 106 valence electrons. The Labute approximate surface area is 119 Å². The normalized spacial score (nSPS) is 10.8. The summed E-state index contributed by atoms with van der Waals surface area (Å²) in [6, 6.07) is 11.8. The zero-order valence-electron chi connectivity index (χ0n) is 11.2. The van der Waals surface area contributed by atoms with Crippen molar-refractivity contribution in [3.05, 3.63) is 64.7 Å². The van der Waals surface area contributed by atoms with E-state index in [1.165, 1.54) is 34.9 Å². The fraction of sp³-hybridized carbons (Fsp3) is 0.0625. The fourth-order valence-electron chi connectivity index (χ4n) is 2.12. The Morgan fingerprint density at radius 3 is 2.43 bits per heavy atom. The molecule has 1 heterocycles. The van der Waals surface area contributed by atoms with Crippen LogP contribution in [-0.2, 0) is 7.05 Å². The SMILES string of the molecule is Cn1c(=O)cc(O)c2ccc(Oc3ccc(F)cc3)cc21. The van der Waals surface area contributed by atoms with Gasteiger partial charge >= 0.3 is 0 Å². The lowest BCUT2D eigenvalue weighted by Crippen LogP contribution is -2.15. The van der Waals surface area contributed by atoms with Crippen LogP contribution in [-0.4, -0.2) is 9.67 Å². The average molecular weight is 285 g/mol. The van der Waals surface area contributed by atoms with E-state index in [1.54, 1.807) is 25.2 Å². The number of rotatable bonds is 2. The highest BCUT2D eigenvalue weighted by Gasteiger charge is 2.07. The van der Waals surface area contributed by atoms with E-state index in [4.69, 9.17) is 4.74 Å². The van der Waals surface area contributed by atoms with Crippen molar-refractivity contribution in [1.82, 2.24) is 4.57 Å². The minimum Gasteiger partial charge on any atom is -0.507 e. The molecule has 21 heavy (non-hydrogen) atoms. The van der Waals surface area contributed by atoms with Crippen molar-refractivity contribution in [3.63, 3.8) is 0 Å². The molecule has 3 rings (SSSR count). The molecule has 0 aliphatic carbocycles. The molecule has 0 aliphatic heterocycles. The summed E-state index contributed by atoms with van der Waals surface area (Å²) < 4.78 is 19.9. The summed E-state index contributed by atoms with van der Waals surface area (Å²) in [6.45, 7) is 0. The highest BCUT2D eigenvalue weighted by Crippen LogP contribution is 2.28. The number of aromatic hydroxyl groups is 1. The zero-order chi connectivity index (χ0) is 15.0. The van der Waals surface area contributed by atoms with E-state index in [1.807, 2.05) is 0 Å². The number of nitrogens with zero attached hydrogens (tertiary/aromatic N) is 1. The van der Waals surface area contributed by atoms with Crippen molar-refractivity contribution in [2.45, 2.75) is 0 Å². The van der Waals surface area contributed by atoms with Gasteiger partial charge in [-0.3, -0.25) is 4.79 Å². The first-order valence-corrected chi connectivity index (χ1v) is 6.31. The first-order valence-electron chi connectivity index (χ1n) is 6.31. The van der Waals surface area contributed by atoms with E-state index in [9.17, 15) is 14.3 Å². The quantitative estimate of drug-likeness (QED) is 0.786. The summed E-state index contributed by atoms with van der Waals surface area (Å²) in [7, 11) is 1.62. The molecule has 0 aliphatic rings. The summed E-state index contributed by atoms with van der Waals surface area (Å²) in [5.41, 5.74) is 0.249. The summed E-state index contributed by atoms with van der Waals surface area (Å²) in [5, 5.41) is 10.4. The Bertz CT molecular complexity index is 869. The van der Waals surface area contributed by atoms with Gasteiger partial charge in [-0.15, -0.1) is 0 Å². The number of hydrogen-bond donors (Lipinski definition) is 1. The highest BCUT2D eigenvalue weighted by atomic mass is 19.1. The average Bonchev–Trinajstić information content (AvgIpc) is 2.47. The van der Waals surface area contributed by atoms with Crippen molar-refractivity contribution in [1.29, 1.82) is 0 Å². The Morgan fingerprint density at radius 2 is 1.71 bits per heavy atom. The van der Waals surface area contributed by atoms with E-state index >= 15 is 0 Å². The predicted molar refractivity (Wildman–Crippen MR) is 77.3 cm³/mol. The van der Waals surface area contributed by atoms with Gasteiger partial charge in [0.25, 0.3) is 5.56 Å². The fourth-order valence-corrected chi connectivity index (χ4v) is 2.12. The van der Waals surface area contributed by atoms with Gasteiger partial charge in [-0.1, -0.05) is 0 Å². The molecular formula is C16H12FNO3. The molecule has 0 atom stereocenters. The predicted octanol–water partition coefficient (Wildman–Crippen LogP) is 3.18. The number of halogens is 1. The van der Waals surface area contributed by atoms with Gasteiger partial charge in [0.15, 0.2) is 0 Å². The second kappa shape index (κ2) is 4.94. The number of aryl methyl sites for hydroxylation is 1. The third-order valence-electron chi connectivity index (χ3n) is 3.25. The Balaban J connectivity index is 2.06. The largest absolute Gasteiger partial charge is 0.507 e. The maximum atomic E-state index is 12.9. The molecule has 5 heteroatoms. The van der Waals surface area contributed by atoms with Crippen LogP contribution in [0.4, 0.5) is 4.39 Å². The van der Waals surface area contributed by atoms with Gasteiger partial charge in [0.1, 0.15) is 23.1 Å². The van der Waals surface area contributed by atoms with Gasteiger partial charge in [-0.25, -0.2) is 4.39 Å². The van der Waals surface area contributed by atoms with Crippen molar-refractivity contribution in [3.8, 4) is 17.2 Å². The molecule has 0 bridgehead atoms. The third-order valence-corrected chi connectivity index (χ3v) is 3.25. The summed E-state index contributed by atoms with van der Waals surface area (Å²) in [4.78, 5) is 11.7. The number of fused-ring (bicyclic) bond motifs is 1. The molecule has 0 saturated carbocycles. The lowest BCUT2D eigenvalue weighted by Gasteiger charge is -2.10. The van der Waals surface area contributed by atoms with Crippen LogP contribution in [0.1, 0.15) is 0 Å². The second-order valence-electron chi connectivity index (χ2n) is 4.66. The summed E-state index contributed by atoms with van der Waals surface area (Å²) in [6.07, 6.45) is 0. The number of pyridine rings is 1. The number of benzene rings is 2. The smallest absolute Gasteiger partial charge is 0.254 e. The number of hydrogen-bond acceptors (Lipinski definition) is 3. The van der Waals surface area contributed by atoms with Crippen molar-refractivity contribution in [2.75, 3.05) is 0 Å². The molecule has 1 N–H and O–H groups in total. The van der Waals surface area contributed by atoms with Gasteiger partial charge in [0.05, 0.1) is 5.52 Å². The Kier molecular flexibility index (Phi) is 3.10. The molecule has 0 saturated heterocycles. The molecule has 0 radical (unpaired) electrons. The monoisotopic (exact) mass is 285 g/mol. The van der Waals surface area contributed by atoms with Crippen molar-refractivity contribution in [2.24, 2.45) is 7.05 Å². The highest BCUT2D eigenvalue weighted by molar-refractivity contribution is 5.86. The molecule has 2 aromatic carbocycles. The molecule has 0 unspecified atom stereocenters. The van der Waals surface area contributed by atoms with Crippen molar-refractivity contribution < 1.29 is 14.2 Å². The topological polar surface area (TPSA) is 51.5 Å². The molecule has 1 aromatic heterocycles. The first-order chi connectivity index (χ1) is 10.0. The number of ether oxygens (including phenoxy) is 1. The van der Waals surface area contributed by atoms with Crippen LogP contribution in [0, 0.1) is 5.82 Å². The molecular weight excluding hydrogens is 273 g/mol. The van der Waals surface area contributed by atoms with Crippen LogP contribution in [0.2, 0.25) is 0 Å². The van der Waals surface area contributed by atoms with Gasteiger partial charge in [0.2, 0.25) is 0 Å². The minimum absolute atomic E-state index is 0.0681. The first kappa shape index (κ1) is 13.2. The van der Waals surface area contributed by atoms with Crippen LogP contribution in [0.3, 0.4) is 0 Å².